The molecule has 1 aliphatic rings. The Kier molecular flexibility index (Phi) is 3.24. The first-order chi connectivity index (χ1) is 7.68. The lowest BCUT2D eigenvalue weighted by Gasteiger charge is -2.16. The van der Waals surface area contributed by atoms with Gasteiger partial charge in [-0.2, -0.15) is 0 Å². The highest BCUT2D eigenvalue weighted by Gasteiger charge is 2.25. The number of likely N-dealkylation sites (N-methyl/N-ethyl adjacent to an activating group) is 1. The van der Waals surface area contributed by atoms with Gasteiger partial charge < -0.3 is 16.0 Å². The normalized spacial score (nSPS) is 15.4. The van der Waals surface area contributed by atoms with E-state index >= 15 is 0 Å². The fourth-order valence-electron chi connectivity index (χ4n) is 1.69. The van der Waals surface area contributed by atoms with Gasteiger partial charge in [0.05, 0.1) is 0 Å². The minimum absolute atomic E-state index is 0.549. The summed E-state index contributed by atoms with van der Waals surface area (Å²) in [6.07, 6.45) is 4.18. The molecule has 0 bridgehead atoms. The van der Waals surface area contributed by atoms with E-state index in [2.05, 4.69) is 27.2 Å². The van der Waals surface area contributed by atoms with Crippen molar-refractivity contribution in [2.45, 2.75) is 25.8 Å². The van der Waals surface area contributed by atoms with E-state index in [1.54, 1.807) is 0 Å². The number of hydrogen-bond donors (Lipinski definition) is 2. The predicted octanol–water partition coefficient (Wildman–Crippen LogP) is 0.873. The van der Waals surface area contributed by atoms with E-state index in [-0.39, 0.29) is 0 Å². The predicted molar refractivity (Wildman–Crippen MR) is 65.3 cm³/mol. The van der Waals surface area contributed by atoms with Crippen molar-refractivity contribution in [3.8, 4) is 0 Å². The van der Waals surface area contributed by atoms with Crippen LogP contribution in [-0.2, 0) is 0 Å². The van der Waals surface area contributed by atoms with E-state index in [9.17, 15) is 0 Å². The molecule has 3 N–H and O–H groups in total. The molecular weight excluding hydrogens is 202 g/mol. The van der Waals surface area contributed by atoms with Crippen molar-refractivity contribution in [1.29, 1.82) is 0 Å². The van der Waals surface area contributed by atoms with Crippen molar-refractivity contribution in [2.24, 2.45) is 0 Å². The molecule has 1 aromatic heterocycles. The summed E-state index contributed by atoms with van der Waals surface area (Å²) in [6.45, 7) is 3.86. The van der Waals surface area contributed by atoms with E-state index in [0.717, 1.165) is 30.5 Å². The van der Waals surface area contributed by atoms with E-state index < -0.39 is 0 Å². The molecule has 0 aliphatic heterocycles. The van der Waals surface area contributed by atoms with Crippen LogP contribution in [0.5, 0.6) is 0 Å². The molecule has 1 aliphatic carbocycles. The first-order valence-electron chi connectivity index (χ1n) is 5.69. The number of nitrogens with one attached hydrogen (secondary N) is 1. The molecule has 0 spiro atoms. The molecule has 1 aromatic rings. The number of rotatable bonds is 5. The zero-order chi connectivity index (χ0) is 11.5. The third-order valence-corrected chi connectivity index (χ3v) is 3.05. The van der Waals surface area contributed by atoms with Crippen LogP contribution in [0.3, 0.4) is 0 Å². The Bertz CT molecular complexity index is 361. The lowest BCUT2D eigenvalue weighted by molar-refractivity contribution is 0.337. The average Bonchev–Trinajstić information content (AvgIpc) is 3.07. The maximum Gasteiger partial charge on any atom is 0.134 e. The number of anilines is 2. The van der Waals surface area contributed by atoms with Crippen LogP contribution in [0.25, 0.3) is 0 Å². The second kappa shape index (κ2) is 4.65. The molecule has 0 unspecified atom stereocenters. The van der Waals surface area contributed by atoms with Crippen LogP contribution < -0.4 is 11.1 Å². The molecule has 1 fully saturated rings. The van der Waals surface area contributed by atoms with Gasteiger partial charge in [-0.05, 0) is 26.8 Å². The molecule has 0 aromatic carbocycles. The summed E-state index contributed by atoms with van der Waals surface area (Å²) in [6, 6.07) is 0.804. The SMILES string of the molecule is Cc1c(N)ncnc1NCCN(C)C1CC1. The second-order valence-corrected chi connectivity index (χ2v) is 4.37. The van der Waals surface area contributed by atoms with Gasteiger partial charge in [-0.15, -0.1) is 0 Å². The van der Waals surface area contributed by atoms with Crippen LogP contribution in [-0.4, -0.2) is 41.0 Å². The highest BCUT2D eigenvalue weighted by atomic mass is 15.2. The maximum atomic E-state index is 5.71. The molecule has 5 heteroatoms. The summed E-state index contributed by atoms with van der Waals surface area (Å²) < 4.78 is 0. The van der Waals surface area contributed by atoms with Crippen LogP contribution in [0.2, 0.25) is 0 Å². The third kappa shape index (κ3) is 2.61. The smallest absolute Gasteiger partial charge is 0.134 e. The Hall–Kier alpha value is -1.36. The maximum absolute atomic E-state index is 5.71. The standard InChI is InChI=1S/C11H19N5/c1-8-10(12)14-7-15-11(8)13-5-6-16(2)9-3-4-9/h7,9H,3-6H2,1-2H3,(H3,12,13,14,15). The summed E-state index contributed by atoms with van der Waals surface area (Å²) in [5.74, 6) is 1.39. The lowest BCUT2D eigenvalue weighted by Crippen LogP contribution is -2.27. The fraction of sp³-hybridized carbons (Fsp3) is 0.636. The highest BCUT2D eigenvalue weighted by Crippen LogP contribution is 2.24. The molecule has 1 heterocycles. The number of aromatic nitrogens is 2. The molecule has 0 radical (unpaired) electrons. The van der Waals surface area contributed by atoms with Crippen LogP contribution in [0.1, 0.15) is 18.4 Å². The van der Waals surface area contributed by atoms with Gasteiger partial charge in [0.2, 0.25) is 0 Å². The van der Waals surface area contributed by atoms with E-state index in [1.165, 1.54) is 19.2 Å². The van der Waals surface area contributed by atoms with Gasteiger partial charge in [-0.25, -0.2) is 9.97 Å². The summed E-state index contributed by atoms with van der Waals surface area (Å²) in [5.41, 5.74) is 6.64. The molecule has 5 nitrogen and oxygen atoms in total. The molecule has 0 amide bonds. The number of nitrogens with zero attached hydrogens (tertiary/aromatic N) is 3. The van der Waals surface area contributed by atoms with Crippen molar-refractivity contribution < 1.29 is 0 Å². The van der Waals surface area contributed by atoms with Crippen LogP contribution in [0.15, 0.2) is 6.33 Å². The van der Waals surface area contributed by atoms with Gasteiger partial charge in [0.15, 0.2) is 0 Å². The molecular formula is C11H19N5. The minimum Gasteiger partial charge on any atom is -0.383 e. The van der Waals surface area contributed by atoms with Gasteiger partial charge in [-0.1, -0.05) is 0 Å². The Balaban J connectivity index is 1.82. The number of nitrogen functional groups attached to an aromatic ring is 1. The zero-order valence-corrected chi connectivity index (χ0v) is 9.90. The van der Waals surface area contributed by atoms with Crippen LogP contribution in [0, 0.1) is 6.92 Å². The van der Waals surface area contributed by atoms with Crippen molar-refractivity contribution in [2.75, 3.05) is 31.2 Å². The molecule has 2 rings (SSSR count). The average molecular weight is 221 g/mol. The topological polar surface area (TPSA) is 67.1 Å². The third-order valence-electron chi connectivity index (χ3n) is 3.05. The van der Waals surface area contributed by atoms with E-state index in [1.807, 2.05) is 6.92 Å². The summed E-state index contributed by atoms with van der Waals surface area (Å²) in [7, 11) is 2.17. The summed E-state index contributed by atoms with van der Waals surface area (Å²) in [5, 5.41) is 3.29. The van der Waals surface area contributed by atoms with Crippen molar-refractivity contribution >= 4 is 11.6 Å². The van der Waals surface area contributed by atoms with Gasteiger partial charge in [0.1, 0.15) is 18.0 Å². The number of nitrogens with two attached hydrogens (primary N) is 1. The van der Waals surface area contributed by atoms with E-state index in [4.69, 9.17) is 5.73 Å². The monoisotopic (exact) mass is 221 g/mol. The zero-order valence-electron chi connectivity index (χ0n) is 9.90. The first-order valence-corrected chi connectivity index (χ1v) is 5.69. The largest absolute Gasteiger partial charge is 0.383 e. The molecule has 16 heavy (non-hydrogen) atoms. The van der Waals surface area contributed by atoms with Crippen molar-refractivity contribution in [3.05, 3.63) is 11.9 Å². The van der Waals surface area contributed by atoms with Gasteiger partial charge in [-0.3, -0.25) is 0 Å². The van der Waals surface area contributed by atoms with Crippen LogP contribution in [0.4, 0.5) is 11.6 Å². The van der Waals surface area contributed by atoms with Crippen molar-refractivity contribution in [3.63, 3.8) is 0 Å². The Morgan fingerprint density at radius 1 is 1.50 bits per heavy atom. The Morgan fingerprint density at radius 3 is 2.94 bits per heavy atom. The summed E-state index contributed by atoms with van der Waals surface area (Å²) in [4.78, 5) is 10.5. The summed E-state index contributed by atoms with van der Waals surface area (Å²) >= 11 is 0. The molecule has 0 saturated heterocycles. The minimum atomic E-state index is 0.549. The van der Waals surface area contributed by atoms with Gasteiger partial charge >= 0.3 is 0 Å². The van der Waals surface area contributed by atoms with Crippen LogP contribution >= 0.6 is 0 Å². The Morgan fingerprint density at radius 2 is 2.25 bits per heavy atom. The Labute approximate surface area is 96.1 Å². The molecule has 0 atom stereocenters. The fourth-order valence-corrected chi connectivity index (χ4v) is 1.69. The van der Waals surface area contributed by atoms with Gasteiger partial charge in [0, 0.05) is 24.7 Å². The second-order valence-electron chi connectivity index (χ2n) is 4.37. The first kappa shape index (κ1) is 11.1. The number of hydrogen-bond acceptors (Lipinski definition) is 5. The van der Waals surface area contributed by atoms with Gasteiger partial charge in [0.25, 0.3) is 0 Å². The molecule has 88 valence electrons. The quantitative estimate of drug-likeness (QED) is 0.772. The lowest BCUT2D eigenvalue weighted by atomic mass is 10.3. The molecule has 1 saturated carbocycles. The van der Waals surface area contributed by atoms with E-state index in [0.29, 0.717) is 5.82 Å². The van der Waals surface area contributed by atoms with Crippen molar-refractivity contribution in [1.82, 2.24) is 14.9 Å². The highest BCUT2D eigenvalue weighted by molar-refractivity contribution is 5.53.